The number of nitrogens with zero attached hydrogens (tertiary/aromatic N) is 1. The van der Waals surface area contributed by atoms with Gasteiger partial charge in [-0.15, -0.1) is 0 Å². The first-order valence-corrected chi connectivity index (χ1v) is 7.89. The van der Waals surface area contributed by atoms with Crippen LogP contribution >= 0.6 is 0 Å². The molecule has 0 amide bonds. The highest BCUT2D eigenvalue weighted by Gasteiger charge is 2.16. The second-order valence-electron chi connectivity index (χ2n) is 5.70. The molecule has 1 heterocycles. The summed E-state index contributed by atoms with van der Waals surface area (Å²) in [5.74, 6) is 0.439. The molecule has 0 fully saturated rings. The van der Waals surface area contributed by atoms with Crippen LogP contribution in [-0.4, -0.2) is 0 Å². The first-order chi connectivity index (χ1) is 10.8. The topological polar surface area (TPSA) is 3.88 Å². The molecule has 0 saturated heterocycles. The van der Waals surface area contributed by atoms with Crippen molar-refractivity contribution in [1.82, 2.24) is 0 Å². The average Bonchev–Trinajstić information content (AvgIpc) is 2.59. The monoisotopic (exact) mass is 288 g/mol. The molecule has 2 aromatic carbocycles. The molecule has 110 valence electrons. The lowest BCUT2D eigenvalue weighted by Crippen LogP contribution is -2.37. The van der Waals surface area contributed by atoms with Crippen LogP contribution in [0, 0.1) is 6.92 Å². The van der Waals surface area contributed by atoms with Crippen molar-refractivity contribution in [2.24, 2.45) is 0 Å². The van der Waals surface area contributed by atoms with E-state index in [1.165, 1.54) is 16.8 Å². The van der Waals surface area contributed by atoms with Gasteiger partial charge < -0.3 is 0 Å². The summed E-state index contributed by atoms with van der Waals surface area (Å²) in [6.07, 6.45) is 3.27. The number of benzene rings is 2. The molecule has 22 heavy (non-hydrogen) atoms. The Kier molecular flexibility index (Phi) is 4.65. The maximum atomic E-state index is 2.33. The van der Waals surface area contributed by atoms with E-state index < -0.39 is 0 Å². The Bertz CT molecular complexity index is 665. The van der Waals surface area contributed by atoms with Gasteiger partial charge in [0.25, 0.3) is 0 Å². The minimum atomic E-state index is 0.439. The summed E-state index contributed by atoms with van der Waals surface area (Å²) < 4.78 is 2.33. The molecule has 0 aliphatic carbocycles. The summed E-state index contributed by atoms with van der Waals surface area (Å²) in [6.45, 7) is 3.20. The number of rotatable bonds is 5. The highest BCUT2D eigenvalue weighted by Crippen LogP contribution is 2.27. The summed E-state index contributed by atoms with van der Waals surface area (Å²) in [6, 6.07) is 28.0. The van der Waals surface area contributed by atoms with Gasteiger partial charge in [-0.05, 0) is 11.1 Å². The first kappa shape index (κ1) is 14.5. The maximum absolute atomic E-state index is 2.33. The highest BCUT2D eigenvalue weighted by molar-refractivity contribution is 5.32. The fourth-order valence-corrected chi connectivity index (χ4v) is 2.98. The van der Waals surface area contributed by atoms with Gasteiger partial charge in [-0.1, -0.05) is 66.7 Å². The van der Waals surface area contributed by atoms with Crippen LogP contribution in [0.1, 0.15) is 29.2 Å². The molecule has 0 spiro atoms. The Morgan fingerprint density at radius 3 is 1.82 bits per heavy atom. The SMILES string of the molecule is Cc1cccc[n+]1CCC(c1ccccc1)c1ccccc1. The standard InChI is InChI=1S/C21H22N/c1-18-10-8-9-16-22(18)17-15-21(19-11-4-2-5-12-19)20-13-6-3-7-14-20/h2-14,16,21H,15,17H2,1H3/q+1. The van der Waals surface area contributed by atoms with Crippen LogP contribution in [0.4, 0.5) is 0 Å². The van der Waals surface area contributed by atoms with Gasteiger partial charge in [-0.2, -0.15) is 0 Å². The number of aryl methyl sites for hydroxylation is 2. The number of hydrogen-bond donors (Lipinski definition) is 0. The van der Waals surface area contributed by atoms with Crippen molar-refractivity contribution >= 4 is 0 Å². The van der Waals surface area contributed by atoms with E-state index in [1.54, 1.807) is 0 Å². The maximum Gasteiger partial charge on any atom is 0.178 e. The zero-order chi connectivity index (χ0) is 15.2. The number of aromatic nitrogens is 1. The Labute approximate surface area is 132 Å². The summed E-state index contributed by atoms with van der Waals surface area (Å²) in [5, 5.41) is 0. The molecule has 0 unspecified atom stereocenters. The van der Waals surface area contributed by atoms with E-state index in [0.29, 0.717) is 5.92 Å². The van der Waals surface area contributed by atoms with Crippen molar-refractivity contribution in [1.29, 1.82) is 0 Å². The summed E-state index contributed by atoms with van der Waals surface area (Å²) in [5.41, 5.74) is 4.09. The van der Waals surface area contributed by atoms with Crippen molar-refractivity contribution in [2.75, 3.05) is 0 Å². The quantitative estimate of drug-likeness (QED) is 0.608. The average molecular weight is 288 g/mol. The largest absolute Gasteiger partial charge is 0.203 e. The zero-order valence-electron chi connectivity index (χ0n) is 13.0. The summed E-state index contributed by atoms with van der Waals surface area (Å²) in [7, 11) is 0. The van der Waals surface area contributed by atoms with Gasteiger partial charge in [0.2, 0.25) is 0 Å². The van der Waals surface area contributed by atoms with E-state index in [2.05, 4.69) is 96.6 Å². The van der Waals surface area contributed by atoms with Crippen molar-refractivity contribution < 1.29 is 4.57 Å². The van der Waals surface area contributed by atoms with E-state index in [9.17, 15) is 0 Å². The minimum Gasteiger partial charge on any atom is -0.203 e. The second kappa shape index (κ2) is 7.04. The summed E-state index contributed by atoms with van der Waals surface area (Å²) in [4.78, 5) is 0. The van der Waals surface area contributed by atoms with Gasteiger partial charge in [0.05, 0.1) is 0 Å². The molecule has 0 atom stereocenters. The Morgan fingerprint density at radius 1 is 0.727 bits per heavy atom. The molecule has 0 bridgehead atoms. The number of pyridine rings is 1. The van der Waals surface area contributed by atoms with Crippen LogP contribution < -0.4 is 4.57 Å². The van der Waals surface area contributed by atoms with Gasteiger partial charge in [0, 0.05) is 31.4 Å². The Hall–Kier alpha value is -2.41. The molecule has 1 heteroatoms. The van der Waals surface area contributed by atoms with E-state index in [0.717, 1.165) is 13.0 Å². The molecule has 0 aliphatic heterocycles. The minimum absolute atomic E-state index is 0.439. The van der Waals surface area contributed by atoms with Gasteiger partial charge in [0.1, 0.15) is 6.54 Å². The van der Waals surface area contributed by atoms with Crippen LogP contribution in [0.3, 0.4) is 0 Å². The van der Waals surface area contributed by atoms with Crippen molar-refractivity contribution in [2.45, 2.75) is 25.8 Å². The number of hydrogen-bond acceptors (Lipinski definition) is 0. The van der Waals surface area contributed by atoms with Gasteiger partial charge in [0.15, 0.2) is 11.9 Å². The van der Waals surface area contributed by atoms with Gasteiger partial charge in [-0.25, -0.2) is 4.57 Å². The lowest BCUT2D eigenvalue weighted by Gasteiger charge is -2.17. The first-order valence-electron chi connectivity index (χ1n) is 7.89. The molecular formula is C21H22N+. The Balaban J connectivity index is 1.85. The van der Waals surface area contributed by atoms with Crippen molar-refractivity contribution in [3.05, 3.63) is 102 Å². The van der Waals surface area contributed by atoms with Crippen molar-refractivity contribution in [3.8, 4) is 0 Å². The molecule has 0 saturated carbocycles. The van der Waals surface area contributed by atoms with Gasteiger partial charge in [-0.3, -0.25) is 0 Å². The lowest BCUT2D eigenvalue weighted by atomic mass is 9.88. The van der Waals surface area contributed by atoms with Crippen LogP contribution in [0.5, 0.6) is 0 Å². The van der Waals surface area contributed by atoms with Crippen LogP contribution in [0.25, 0.3) is 0 Å². The van der Waals surface area contributed by atoms with Crippen LogP contribution in [-0.2, 0) is 6.54 Å². The van der Waals surface area contributed by atoms with Crippen molar-refractivity contribution in [3.63, 3.8) is 0 Å². The fraction of sp³-hybridized carbons (Fsp3) is 0.190. The molecule has 0 N–H and O–H groups in total. The fourth-order valence-electron chi connectivity index (χ4n) is 2.98. The van der Waals surface area contributed by atoms with Crippen LogP contribution in [0.2, 0.25) is 0 Å². The summed E-state index contributed by atoms with van der Waals surface area (Å²) >= 11 is 0. The second-order valence-corrected chi connectivity index (χ2v) is 5.70. The van der Waals surface area contributed by atoms with Crippen LogP contribution in [0.15, 0.2) is 85.1 Å². The third-order valence-electron chi connectivity index (χ3n) is 4.23. The van der Waals surface area contributed by atoms with E-state index in [1.807, 2.05) is 0 Å². The van der Waals surface area contributed by atoms with E-state index in [4.69, 9.17) is 0 Å². The molecule has 3 rings (SSSR count). The Morgan fingerprint density at radius 2 is 1.27 bits per heavy atom. The highest BCUT2D eigenvalue weighted by atomic mass is 14.9. The van der Waals surface area contributed by atoms with E-state index in [-0.39, 0.29) is 0 Å². The van der Waals surface area contributed by atoms with E-state index >= 15 is 0 Å². The smallest absolute Gasteiger partial charge is 0.178 e. The molecule has 0 aliphatic rings. The lowest BCUT2D eigenvalue weighted by molar-refractivity contribution is -0.703. The predicted octanol–water partition coefficient (Wildman–Crippen LogP) is 4.50. The molecule has 0 radical (unpaired) electrons. The third-order valence-corrected chi connectivity index (χ3v) is 4.23. The molecular weight excluding hydrogens is 266 g/mol. The third kappa shape index (κ3) is 3.43. The van der Waals surface area contributed by atoms with Gasteiger partial charge >= 0.3 is 0 Å². The molecule has 3 aromatic rings. The molecule has 1 aromatic heterocycles. The normalized spacial score (nSPS) is 10.8. The predicted molar refractivity (Wildman–Crippen MR) is 90.7 cm³/mol. The molecule has 1 nitrogen and oxygen atoms in total. The zero-order valence-corrected chi connectivity index (χ0v) is 13.0.